The largest absolute Gasteiger partial charge is 0.496 e. The fourth-order valence-electron chi connectivity index (χ4n) is 4.87. The Balaban J connectivity index is 1.75. The SMILES string of the molecule is COc1ccc(F)cc1CCn1c(=O)n(C2(C)CCN(C)C2=O)c(=O)c2c(C)c(-n3nccn3)sc21. The summed E-state index contributed by atoms with van der Waals surface area (Å²) in [5, 5.41) is 9.31. The molecule has 4 heterocycles. The van der Waals surface area contributed by atoms with Crippen molar-refractivity contribution in [2.75, 3.05) is 20.7 Å². The van der Waals surface area contributed by atoms with Crippen molar-refractivity contribution in [2.24, 2.45) is 0 Å². The van der Waals surface area contributed by atoms with E-state index < -0.39 is 22.6 Å². The van der Waals surface area contributed by atoms with Gasteiger partial charge in [0.2, 0.25) is 5.91 Å². The van der Waals surface area contributed by atoms with Crippen molar-refractivity contribution in [3.8, 4) is 10.8 Å². The molecule has 0 bridgehead atoms. The smallest absolute Gasteiger partial charge is 0.333 e. The highest BCUT2D eigenvalue weighted by atomic mass is 32.1. The number of ether oxygens (including phenoxy) is 1. The average molecular weight is 513 g/mol. The molecule has 1 fully saturated rings. The Labute approximate surface area is 209 Å². The molecule has 188 valence electrons. The van der Waals surface area contributed by atoms with Gasteiger partial charge >= 0.3 is 5.69 Å². The van der Waals surface area contributed by atoms with E-state index in [2.05, 4.69) is 10.2 Å². The first-order valence-electron chi connectivity index (χ1n) is 11.4. The molecule has 1 saturated heterocycles. The number of hydrogen-bond donors (Lipinski definition) is 0. The summed E-state index contributed by atoms with van der Waals surface area (Å²) in [4.78, 5) is 44.2. The van der Waals surface area contributed by atoms with Crippen LogP contribution in [0.15, 0.2) is 40.2 Å². The monoisotopic (exact) mass is 512 g/mol. The van der Waals surface area contributed by atoms with Gasteiger partial charge in [0.05, 0.1) is 24.9 Å². The summed E-state index contributed by atoms with van der Waals surface area (Å²) in [6.45, 7) is 3.98. The lowest BCUT2D eigenvalue weighted by Crippen LogP contribution is -2.53. The highest BCUT2D eigenvalue weighted by molar-refractivity contribution is 7.21. The Kier molecular flexibility index (Phi) is 5.78. The number of thiophene rings is 1. The fourth-order valence-corrected chi connectivity index (χ4v) is 6.10. The molecule has 1 unspecified atom stereocenters. The van der Waals surface area contributed by atoms with Gasteiger partial charge in [-0.05, 0) is 50.5 Å². The Morgan fingerprint density at radius 2 is 1.92 bits per heavy atom. The van der Waals surface area contributed by atoms with Gasteiger partial charge in [0, 0.05) is 25.7 Å². The Hall–Kier alpha value is -3.80. The first-order valence-corrected chi connectivity index (χ1v) is 12.2. The number of hydrogen-bond acceptors (Lipinski definition) is 7. The van der Waals surface area contributed by atoms with Gasteiger partial charge in [-0.3, -0.25) is 14.2 Å². The summed E-state index contributed by atoms with van der Waals surface area (Å²) in [5.41, 5.74) is -1.22. The Morgan fingerprint density at radius 3 is 2.56 bits per heavy atom. The third kappa shape index (κ3) is 3.55. The third-order valence-electron chi connectivity index (χ3n) is 6.87. The lowest BCUT2D eigenvalue weighted by atomic mass is 10.00. The second-order valence-electron chi connectivity index (χ2n) is 9.06. The standard InChI is InChI=1S/C24H25FN6O4S/c1-14-18-19(32)30(24(2)8-12-28(3)22(24)33)23(34)29(21(18)36-20(14)31-26-9-10-27-31)11-7-15-13-16(25)5-6-17(15)35-4/h5-6,9-10,13H,7-8,11-12H2,1-4H3. The van der Waals surface area contributed by atoms with E-state index in [-0.39, 0.29) is 18.9 Å². The predicted molar refractivity (Wildman–Crippen MR) is 133 cm³/mol. The molecule has 12 heteroatoms. The zero-order valence-electron chi connectivity index (χ0n) is 20.3. The minimum atomic E-state index is -1.31. The molecule has 36 heavy (non-hydrogen) atoms. The lowest BCUT2D eigenvalue weighted by molar-refractivity contribution is -0.133. The molecule has 5 rings (SSSR count). The van der Waals surface area contributed by atoms with E-state index in [0.717, 1.165) is 4.57 Å². The van der Waals surface area contributed by atoms with Crippen LogP contribution in [0.2, 0.25) is 0 Å². The van der Waals surface area contributed by atoms with Crippen molar-refractivity contribution in [3.63, 3.8) is 0 Å². The normalized spacial score (nSPS) is 17.9. The fraction of sp³-hybridized carbons (Fsp3) is 0.375. The maximum absolute atomic E-state index is 14.0. The van der Waals surface area contributed by atoms with Crippen LogP contribution in [0.3, 0.4) is 0 Å². The van der Waals surface area contributed by atoms with Crippen LogP contribution in [0.4, 0.5) is 4.39 Å². The summed E-state index contributed by atoms with van der Waals surface area (Å²) < 4.78 is 21.9. The minimum Gasteiger partial charge on any atom is -0.496 e. The summed E-state index contributed by atoms with van der Waals surface area (Å²) >= 11 is 1.22. The average Bonchev–Trinajstić information content (AvgIpc) is 3.55. The number of carbonyl (C=O) groups excluding carboxylic acids is 1. The molecule has 1 aliphatic rings. The van der Waals surface area contributed by atoms with Crippen LogP contribution in [-0.4, -0.2) is 55.6 Å². The van der Waals surface area contributed by atoms with Crippen molar-refractivity contribution in [1.29, 1.82) is 0 Å². The number of halogens is 1. The highest BCUT2D eigenvalue weighted by Gasteiger charge is 2.45. The van der Waals surface area contributed by atoms with Crippen LogP contribution in [0.25, 0.3) is 15.2 Å². The van der Waals surface area contributed by atoms with E-state index >= 15 is 0 Å². The third-order valence-corrected chi connectivity index (χ3v) is 8.15. The minimum absolute atomic E-state index is 0.140. The Bertz CT molecular complexity index is 1610. The lowest BCUT2D eigenvalue weighted by Gasteiger charge is -2.25. The number of carbonyl (C=O) groups is 1. The van der Waals surface area contributed by atoms with Gasteiger partial charge < -0.3 is 9.64 Å². The van der Waals surface area contributed by atoms with Gasteiger partial charge in [0.1, 0.15) is 26.9 Å². The van der Waals surface area contributed by atoms with Gasteiger partial charge in [0.15, 0.2) is 0 Å². The molecule has 4 aromatic rings. The number of benzene rings is 1. The van der Waals surface area contributed by atoms with Crippen LogP contribution < -0.4 is 16.0 Å². The van der Waals surface area contributed by atoms with Crippen molar-refractivity contribution < 1.29 is 13.9 Å². The van der Waals surface area contributed by atoms with E-state index in [1.54, 1.807) is 20.9 Å². The second-order valence-corrected chi connectivity index (χ2v) is 10.0. The van der Waals surface area contributed by atoms with Crippen LogP contribution in [-0.2, 0) is 23.3 Å². The van der Waals surface area contributed by atoms with E-state index in [9.17, 15) is 18.8 Å². The number of rotatable bonds is 6. The van der Waals surface area contributed by atoms with Crippen LogP contribution in [0, 0.1) is 12.7 Å². The van der Waals surface area contributed by atoms with Gasteiger partial charge in [0.25, 0.3) is 5.56 Å². The molecular weight excluding hydrogens is 487 g/mol. The maximum atomic E-state index is 14.0. The molecule has 0 saturated carbocycles. The number of likely N-dealkylation sites (N-methyl/N-ethyl adjacent to an activating group) is 1. The van der Waals surface area contributed by atoms with E-state index in [1.807, 2.05) is 0 Å². The number of aromatic nitrogens is 5. The second kappa shape index (κ2) is 8.70. The van der Waals surface area contributed by atoms with E-state index in [0.29, 0.717) is 45.1 Å². The molecule has 1 amide bonds. The molecule has 0 aliphatic carbocycles. The molecule has 0 spiro atoms. The zero-order valence-corrected chi connectivity index (χ0v) is 21.1. The van der Waals surface area contributed by atoms with Crippen LogP contribution in [0.5, 0.6) is 5.75 Å². The van der Waals surface area contributed by atoms with Crippen LogP contribution in [0.1, 0.15) is 24.5 Å². The molecule has 1 atom stereocenters. The van der Waals surface area contributed by atoms with Gasteiger partial charge in [-0.15, -0.1) is 4.80 Å². The number of fused-ring (bicyclic) bond motifs is 1. The van der Waals surface area contributed by atoms with Crippen LogP contribution >= 0.6 is 11.3 Å². The summed E-state index contributed by atoms with van der Waals surface area (Å²) in [5.74, 6) is -0.210. The van der Waals surface area contributed by atoms with Gasteiger partial charge in [-0.25, -0.2) is 13.8 Å². The molecule has 0 N–H and O–H groups in total. The molecule has 3 aromatic heterocycles. The van der Waals surface area contributed by atoms with E-state index in [4.69, 9.17) is 4.74 Å². The molecule has 0 radical (unpaired) electrons. The van der Waals surface area contributed by atoms with Crippen molar-refractivity contribution in [2.45, 2.75) is 38.8 Å². The summed E-state index contributed by atoms with van der Waals surface area (Å²) in [6, 6.07) is 4.21. The molecule has 10 nitrogen and oxygen atoms in total. The highest BCUT2D eigenvalue weighted by Crippen LogP contribution is 2.33. The topological polar surface area (TPSA) is 104 Å². The molecule has 1 aromatic carbocycles. The van der Waals surface area contributed by atoms with Crippen molar-refractivity contribution in [1.82, 2.24) is 29.0 Å². The summed E-state index contributed by atoms with van der Waals surface area (Å²) in [7, 11) is 3.15. The first kappa shape index (κ1) is 23.9. The Morgan fingerprint density at radius 1 is 1.19 bits per heavy atom. The number of nitrogens with zero attached hydrogens (tertiary/aromatic N) is 6. The van der Waals surface area contributed by atoms with E-state index in [1.165, 1.54) is 63.3 Å². The maximum Gasteiger partial charge on any atom is 0.333 e. The van der Waals surface area contributed by atoms with Crippen molar-refractivity contribution in [3.05, 3.63) is 68.4 Å². The molecular formula is C24H25FN6O4S. The number of amides is 1. The number of aryl methyl sites for hydroxylation is 3. The number of methoxy groups -OCH3 is 1. The molecule has 1 aliphatic heterocycles. The quantitative estimate of drug-likeness (QED) is 0.392. The van der Waals surface area contributed by atoms with Crippen molar-refractivity contribution >= 4 is 27.5 Å². The van der Waals surface area contributed by atoms with Gasteiger partial charge in [-0.1, -0.05) is 11.3 Å². The van der Waals surface area contributed by atoms with Gasteiger partial charge in [-0.2, -0.15) is 10.2 Å². The summed E-state index contributed by atoms with van der Waals surface area (Å²) in [6.07, 6.45) is 3.65. The first-order chi connectivity index (χ1) is 17.2. The number of likely N-dealkylation sites (tertiary alicyclic amines) is 1. The predicted octanol–water partition coefficient (Wildman–Crippen LogP) is 2.08. The zero-order chi connectivity index (χ0) is 25.8.